The molecule has 1 amide bonds. The number of carbonyl (C=O) groups is 1. The highest BCUT2D eigenvalue weighted by Gasteiger charge is 2.16. The van der Waals surface area contributed by atoms with Crippen molar-refractivity contribution in [2.75, 3.05) is 7.11 Å². The quantitative estimate of drug-likeness (QED) is 0.811. The van der Waals surface area contributed by atoms with Crippen LogP contribution in [0.2, 0.25) is 5.02 Å². The monoisotopic (exact) mass is 350 g/mol. The van der Waals surface area contributed by atoms with Gasteiger partial charge in [-0.1, -0.05) is 41.9 Å². The number of halogens is 1. The van der Waals surface area contributed by atoms with Gasteiger partial charge in [-0.2, -0.15) is 0 Å². The number of nitrogens with one attached hydrogen (secondary N) is 1. The smallest absolute Gasteiger partial charge is 0.257 e. The average Bonchev–Trinajstić information content (AvgIpc) is 2.53. The first kappa shape index (κ1) is 17.1. The summed E-state index contributed by atoms with van der Waals surface area (Å²) in [5, 5.41) is 2.47. The van der Waals surface area contributed by atoms with Crippen molar-refractivity contribution in [2.45, 2.75) is 6.61 Å². The zero-order valence-corrected chi connectivity index (χ0v) is 13.9. The van der Waals surface area contributed by atoms with Crippen LogP contribution in [-0.4, -0.2) is 18.1 Å². The van der Waals surface area contributed by atoms with Crippen LogP contribution in [0.3, 0.4) is 0 Å². The lowest BCUT2D eigenvalue weighted by Gasteiger charge is -2.14. The van der Waals surface area contributed by atoms with E-state index in [-0.39, 0.29) is 15.7 Å². The van der Waals surface area contributed by atoms with Crippen LogP contribution in [0.4, 0.5) is 0 Å². The fraction of sp³-hybridized carbons (Fsp3) is 0.125. The van der Waals surface area contributed by atoms with Gasteiger partial charge in [0.1, 0.15) is 6.61 Å². The predicted molar refractivity (Wildman–Crippen MR) is 93.0 cm³/mol. The molecule has 0 aliphatic rings. The Hall–Kier alpha value is -2.31. The second-order valence-electron chi connectivity index (χ2n) is 4.58. The molecule has 2 aromatic rings. The highest BCUT2D eigenvalue weighted by Crippen LogP contribution is 2.37. The minimum atomic E-state index is -0.465. The topological polar surface area (TPSA) is 73.6 Å². The lowest BCUT2D eigenvalue weighted by molar-refractivity contribution is 0.0977. The predicted octanol–water partition coefficient (Wildman–Crippen LogP) is 2.90. The summed E-state index contributed by atoms with van der Waals surface area (Å²) >= 11 is 10.9. The summed E-state index contributed by atoms with van der Waals surface area (Å²) in [6.45, 7) is 0.329. The highest BCUT2D eigenvalue weighted by atomic mass is 35.5. The number of hydrogen-bond donors (Lipinski definition) is 2. The molecule has 0 unspecified atom stereocenters. The Morgan fingerprint density at radius 3 is 2.61 bits per heavy atom. The van der Waals surface area contributed by atoms with Gasteiger partial charge < -0.3 is 15.2 Å². The van der Waals surface area contributed by atoms with Crippen LogP contribution in [-0.2, 0) is 6.61 Å². The van der Waals surface area contributed by atoms with Crippen molar-refractivity contribution in [1.82, 2.24) is 5.32 Å². The molecule has 5 nitrogen and oxygen atoms in total. The number of hydrogen-bond acceptors (Lipinski definition) is 4. The van der Waals surface area contributed by atoms with E-state index >= 15 is 0 Å². The minimum absolute atomic E-state index is 0.116. The molecule has 0 saturated heterocycles. The van der Waals surface area contributed by atoms with Gasteiger partial charge in [-0.25, -0.2) is 0 Å². The summed E-state index contributed by atoms with van der Waals surface area (Å²) in [5.41, 5.74) is 6.55. The first-order valence-corrected chi connectivity index (χ1v) is 7.45. The van der Waals surface area contributed by atoms with Crippen LogP contribution in [0.15, 0.2) is 42.5 Å². The fourth-order valence-electron chi connectivity index (χ4n) is 1.90. The Labute approximate surface area is 144 Å². The van der Waals surface area contributed by atoms with Crippen LogP contribution in [0, 0.1) is 0 Å². The van der Waals surface area contributed by atoms with E-state index in [1.54, 1.807) is 0 Å². The standard InChI is InChI=1S/C16H15ClN2O3S/c1-21-13-8-11(15(20)19-16(18)23)7-12(17)14(13)22-9-10-5-3-2-4-6-10/h2-8H,9H2,1H3,(H3,18,19,20,23). The van der Waals surface area contributed by atoms with Crippen molar-refractivity contribution in [3.05, 3.63) is 58.6 Å². The number of amides is 1. The molecule has 0 aliphatic heterocycles. The van der Waals surface area contributed by atoms with Gasteiger partial charge in [0, 0.05) is 5.56 Å². The van der Waals surface area contributed by atoms with Crippen LogP contribution >= 0.6 is 23.8 Å². The summed E-state index contributed by atoms with van der Waals surface area (Å²) in [5.74, 6) is 0.249. The van der Waals surface area contributed by atoms with Gasteiger partial charge in [0.2, 0.25) is 0 Å². The highest BCUT2D eigenvalue weighted by molar-refractivity contribution is 7.80. The fourth-order valence-corrected chi connectivity index (χ4v) is 2.26. The first-order chi connectivity index (χ1) is 11.0. The van der Waals surface area contributed by atoms with Crippen molar-refractivity contribution >= 4 is 34.8 Å². The van der Waals surface area contributed by atoms with Gasteiger partial charge in [-0.3, -0.25) is 10.1 Å². The second-order valence-corrected chi connectivity index (χ2v) is 5.43. The molecule has 0 heterocycles. The number of benzene rings is 2. The van der Waals surface area contributed by atoms with Gasteiger partial charge in [0.15, 0.2) is 16.6 Å². The summed E-state index contributed by atoms with van der Waals surface area (Å²) in [7, 11) is 1.47. The Morgan fingerprint density at radius 2 is 2.00 bits per heavy atom. The molecule has 0 aliphatic carbocycles. The maximum absolute atomic E-state index is 11.9. The largest absolute Gasteiger partial charge is 0.493 e. The number of carbonyl (C=O) groups excluding carboxylic acids is 1. The number of nitrogens with two attached hydrogens (primary N) is 1. The van der Waals surface area contributed by atoms with Crippen molar-refractivity contribution in [2.24, 2.45) is 5.73 Å². The van der Waals surface area contributed by atoms with E-state index < -0.39 is 5.91 Å². The van der Waals surface area contributed by atoms with Gasteiger partial charge in [0.25, 0.3) is 5.91 Å². The maximum Gasteiger partial charge on any atom is 0.257 e. The van der Waals surface area contributed by atoms with Crippen LogP contribution in [0.5, 0.6) is 11.5 Å². The molecule has 0 fully saturated rings. The lowest BCUT2D eigenvalue weighted by atomic mass is 10.2. The van der Waals surface area contributed by atoms with Gasteiger partial charge >= 0.3 is 0 Å². The van der Waals surface area contributed by atoms with E-state index in [1.165, 1.54) is 19.2 Å². The van der Waals surface area contributed by atoms with Crippen LogP contribution < -0.4 is 20.5 Å². The molecule has 120 valence electrons. The Kier molecular flexibility index (Phi) is 5.78. The maximum atomic E-state index is 11.9. The van der Waals surface area contributed by atoms with Gasteiger partial charge in [-0.05, 0) is 29.9 Å². The molecule has 23 heavy (non-hydrogen) atoms. The Balaban J connectivity index is 2.23. The average molecular weight is 351 g/mol. The Bertz CT molecular complexity index is 723. The third-order valence-corrected chi connectivity index (χ3v) is 3.34. The summed E-state index contributed by atoms with van der Waals surface area (Å²) < 4.78 is 11.0. The summed E-state index contributed by atoms with van der Waals surface area (Å²) in [6, 6.07) is 12.6. The lowest BCUT2D eigenvalue weighted by Crippen LogP contribution is -2.34. The summed E-state index contributed by atoms with van der Waals surface area (Å²) in [4.78, 5) is 11.9. The summed E-state index contributed by atoms with van der Waals surface area (Å²) in [6.07, 6.45) is 0. The van der Waals surface area contributed by atoms with Gasteiger partial charge in [0.05, 0.1) is 12.1 Å². The molecular weight excluding hydrogens is 336 g/mol. The van der Waals surface area contributed by atoms with E-state index in [9.17, 15) is 4.79 Å². The number of ether oxygens (including phenoxy) is 2. The zero-order valence-electron chi connectivity index (χ0n) is 12.3. The van der Waals surface area contributed by atoms with Crippen LogP contribution in [0.25, 0.3) is 0 Å². The number of rotatable bonds is 5. The van der Waals surface area contributed by atoms with E-state index in [0.717, 1.165) is 5.56 Å². The third-order valence-electron chi connectivity index (χ3n) is 2.95. The third kappa shape index (κ3) is 4.58. The molecule has 0 radical (unpaired) electrons. The van der Waals surface area contributed by atoms with Crippen LogP contribution in [0.1, 0.15) is 15.9 Å². The van der Waals surface area contributed by atoms with Crippen molar-refractivity contribution in [1.29, 1.82) is 0 Å². The molecule has 0 bridgehead atoms. The van der Waals surface area contributed by atoms with E-state index in [1.807, 2.05) is 30.3 Å². The molecule has 0 aromatic heterocycles. The van der Waals surface area contributed by atoms with E-state index in [0.29, 0.717) is 18.1 Å². The van der Waals surface area contributed by atoms with Crippen molar-refractivity contribution < 1.29 is 14.3 Å². The molecule has 0 atom stereocenters. The molecule has 0 spiro atoms. The first-order valence-electron chi connectivity index (χ1n) is 6.66. The zero-order chi connectivity index (χ0) is 16.8. The molecule has 2 aromatic carbocycles. The number of methoxy groups -OCH3 is 1. The van der Waals surface area contributed by atoms with Gasteiger partial charge in [-0.15, -0.1) is 0 Å². The second kappa shape index (κ2) is 7.80. The SMILES string of the molecule is COc1cc(C(=O)NC(N)=S)cc(Cl)c1OCc1ccccc1. The van der Waals surface area contributed by atoms with E-state index in [4.69, 9.17) is 26.8 Å². The molecule has 0 saturated carbocycles. The normalized spacial score (nSPS) is 10.0. The molecule has 3 N–H and O–H groups in total. The van der Waals surface area contributed by atoms with Crippen molar-refractivity contribution in [3.8, 4) is 11.5 Å². The van der Waals surface area contributed by atoms with Crippen molar-refractivity contribution in [3.63, 3.8) is 0 Å². The molecule has 7 heteroatoms. The molecule has 2 rings (SSSR count). The minimum Gasteiger partial charge on any atom is -0.493 e. The Morgan fingerprint density at radius 1 is 1.30 bits per heavy atom. The number of thiocarbonyl (C=S) groups is 1. The molecular formula is C16H15ClN2O3S. The van der Waals surface area contributed by atoms with E-state index in [2.05, 4.69) is 17.5 Å².